The third kappa shape index (κ3) is 4.68. The molecule has 2 aliphatic rings. The van der Waals surface area contributed by atoms with E-state index in [1.165, 1.54) is 0 Å². The third-order valence-corrected chi connectivity index (χ3v) is 6.25. The van der Waals surface area contributed by atoms with Crippen molar-refractivity contribution in [2.45, 2.75) is 39.2 Å². The highest BCUT2D eigenvalue weighted by molar-refractivity contribution is 5.89. The van der Waals surface area contributed by atoms with E-state index in [1.54, 1.807) is 12.4 Å². The minimum atomic E-state index is 0.215. The van der Waals surface area contributed by atoms with Gasteiger partial charge in [0, 0.05) is 37.5 Å². The van der Waals surface area contributed by atoms with E-state index in [1.807, 2.05) is 20.0 Å². The molecule has 160 valence electrons. The number of fused-ring (bicyclic) bond motifs is 5. The van der Waals surface area contributed by atoms with Gasteiger partial charge in [-0.3, -0.25) is 4.79 Å². The second kappa shape index (κ2) is 9.62. The topological polar surface area (TPSA) is 80.2 Å². The van der Waals surface area contributed by atoms with E-state index in [0.29, 0.717) is 24.9 Å². The number of anilines is 1. The van der Waals surface area contributed by atoms with E-state index < -0.39 is 0 Å². The van der Waals surface area contributed by atoms with E-state index in [4.69, 9.17) is 9.72 Å². The largest absolute Gasteiger partial charge is 0.376 e. The SMILES string of the molecule is CNC/C=C/C(=O)CCC1CCCN2C[C@H]1COCc1cc3ncnc(C)c3nc12. The van der Waals surface area contributed by atoms with Crippen LogP contribution in [0.15, 0.2) is 24.5 Å². The molecule has 1 fully saturated rings. The molecule has 0 radical (unpaired) electrons. The van der Waals surface area contributed by atoms with Gasteiger partial charge in [-0.25, -0.2) is 15.0 Å². The first-order chi connectivity index (χ1) is 14.7. The number of ether oxygens (including phenoxy) is 1. The number of pyridine rings is 1. The van der Waals surface area contributed by atoms with Gasteiger partial charge in [-0.2, -0.15) is 0 Å². The van der Waals surface area contributed by atoms with Gasteiger partial charge in [-0.1, -0.05) is 6.08 Å². The number of nitrogens with one attached hydrogen (secondary N) is 1. The van der Waals surface area contributed by atoms with E-state index in [0.717, 1.165) is 73.6 Å². The Kier molecular flexibility index (Phi) is 6.69. The van der Waals surface area contributed by atoms with Crippen LogP contribution in [0.1, 0.15) is 36.9 Å². The van der Waals surface area contributed by atoms with Gasteiger partial charge in [0.15, 0.2) is 5.78 Å². The lowest BCUT2D eigenvalue weighted by molar-refractivity contribution is -0.115. The fourth-order valence-corrected chi connectivity index (χ4v) is 4.62. The number of carbonyl (C=O) groups excluding carboxylic acids is 1. The maximum atomic E-state index is 12.2. The van der Waals surface area contributed by atoms with E-state index in [9.17, 15) is 4.79 Å². The highest BCUT2D eigenvalue weighted by Gasteiger charge is 2.31. The lowest BCUT2D eigenvalue weighted by atomic mass is 9.85. The normalized spacial score (nSPS) is 21.9. The molecule has 7 heteroatoms. The lowest BCUT2D eigenvalue weighted by Gasteiger charge is -2.32. The average molecular weight is 410 g/mol. The minimum absolute atomic E-state index is 0.215. The van der Waals surface area contributed by atoms with Gasteiger partial charge in [-0.05, 0) is 51.3 Å². The van der Waals surface area contributed by atoms with Crippen LogP contribution in [0.25, 0.3) is 11.0 Å². The first-order valence-corrected chi connectivity index (χ1v) is 10.9. The highest BCUT2D eigenvalue weighted by atomic mass is 16.5. The Labute approximate surface area is 177 Å². The molecule has 2 aromatic rings. The number of hydrogen-bond donors (Lipinski definition) is 1. The van der Waals surface area contributed by atoms with Crippen molar-refractivity contribution in [1.82, 2.24) is 20.3 Å². The summed E-state index contributed by atoms with van der Waals surface area (Å²) in [7, 11) is 1.88. The quantitative estimate of drug-likeness (QED) is 0.735. The summed E-state index contributed by atoms with van der Waals surface area (Å²) < 4.78 is 6.12. The van der Waals surface area contributed by atoms with Crippen LogP contribution in [0.5, 0.6) is 0 Å². The number of aryl methyl sites for hydroxylation is 1. The number of nitrogens with zero attached hydrogens (tertiary/aromatic N) is 4. The van der Waals surface area contributed by atoms with Crippen molar-refractivity contribution < 1.29 is 9.53 Å². The smallest absolute Gasteiger partial charge is 0.155 e. The molecule has 1 N–H and O–H groups in total. The molecule has 2 atom stereocenters. The number of aromatic nitrogens is 3. The summed E-state index contributed by atoms with van der Waals surface area (Å²) in [6.07, 6.45) is 8.97. The molecule has 2 aromatic heterocycles. The summed E-state index contributed by atoms with van der Waals surface area (Å²) in [4.78, 5) is 28.3. The van der Waals surface area contributed by atoms with Crippen molar-refractivity contribution >= 4 is 22.6 Å². The number of carbonyl (C=O) groups is 1. The van der Waals surface area contributed by atoms with Gasteiger partial charge in [-0.15, -0.1) is 0 Å². The molecule has 0 aliphatic carbocycles. The number of hydrogen-bond acceptors (Lipinski definition) is 7. The summed E-state index contributed by atoms with van der Waals surface area (Å²) >= 11 is 0. The summed E-state index contributed by atoms with van der Waals surface area (Å²) in [5.41, 5.74) is 3.75. The number of rotatable bonds is 6. The van der Waals surface area contributed by atoms with Crippen LogP contribution in [0, 0.1) is 18.8 Å². The molecule has 4 heterocycles. The van der Waals surface area contributed by atoms with Gasteiger partial charge < -0.3 is 15.0 Å². The predicted molar refractivity (Wildman–Crippen MR) is 117 cm³/mol. The highest BCUT2D eigenvalue weighted by Crippen LogP contribution is 2.34. The molecule has 0 aromatic carbocycles. The second-order valence-corrected chi connectivity index (χ2v) is 8.39. The van der Waals surface area contributed by atoms with Crippen molar-refractivity contribution in [3.8, 4) is 0 Å². The Hall–Kier alpha value is -2.38. The Morgan fingerprint density at radius 2 is 2.30 bits per heavy atom. The molecular formula is C23H31N5O2. The van der Waals surface area contributed by atoms with Gasteiger partial charge in [0.05, 0.1) is 24.4 Å². The molecule has 0 spiro atoms. The molecule has 0 saturated carbocycles. The molecular weight excluding hydrogens is 378 g/mol. The first-order valence-electron chi connectivity index (χ1n) is 10.9. The van der Waals surface area contributed by atoms with Crippen LogP contribution in [0.2, 0.25) is 0 Å². The van der Waals surface area contributed by atoms with Crippen molar-refractivity contribution in [3.63, 3.8) is 0 Å². The summed E-state index contributed by atoms with van der Waals surface area (Å²) in [6, 6.07) is 2.10. The minimum Gasteiger partial charge on any atom is -0.376 e. The first kappa shape index (κ1) is 20.9. The van der Waals surface area contributed by atoms with Crippen molar-refractivity contribution in [2.24, 2.45) is 11.8 Å². The summed E-state index contributed by atoms with van der Waals surface area (Å²) in [5, 5.41) is 3.03. The van der Waals surface area contributed by atoms with Crippen LogP contribution in [-0.2, 0) is 16.1 Å². The maximum absolute atomic E-state index is 12.2. The van der Waals surface area contributed by atoms with E-state index in [-0.39, 0.29) is 5.78 Å². The van der Waals surface area contributed by atoms with Crippen LogP contribution in [0.4, 0.5) is 5.82 Å². The Morgan fingerprint density at radius 3 is 3.17 bits per heavy atom. The predicted octanol–water partition coefficient (Wildman–Crippen LogP) is 2.82. The fourth-order valence-electron chi connectivity index (χ4n) is 4.62. The lowest BCUT2D eigenvalue weighted by Crippen LogP contribution is -2.36. The van der Waals surface area contributed by atoms with E-state index >= 15 is 0 Å². The van der Waals surface area contributed by atoms with Crippen LogP contribution < -0.4 is 10.2 Å². The molecule has 4 rings (SSSR count). The molecule has 2 bridgehead atoms. The monoisotopic (exact) mass is 409 g/mol. The van der Waals surface area contributed by atoms with E-state index in [2.05, 4.69) is 26.3 Å². The number of ketones is 1. The molecule has 2 aliphatic heterocycles. The van der Waals surface area contributed by atoms with Gasteiger partial charge in [0.2, 0.25) is 0 Å². The Bertz CT molecular complexity index is 929. The molecule has 30 heavy (non-hydrogen) atoms. The molecule has 7 nitrogen and oxygen atoms in total. The van der Waals surface area contributed by atoms with Gasteiger partial charge in [0.1, 0.15) is 17.7 Å². The summed E-state index contributed by atoms with van der Waals surface area (Å²) in [6.45, 7) is 5.89. The van der Waals surface area contributed by atoms with Crippen molar-refractivity contribution in [2.75, 3.05) is 38.2 Å². The average Bonchev–Trinajstić information content (AvgIpc) is 2.94. The number of likely N-dealkylation sites (N-methyl/N-ethyl adjacent to an activating group) is 1. The standard InChI is InChI=1S/C23H31N5O2/c1-16-22-21(26-15-25-16)11-18-13-30-14-19-12-28(23(18)27-22)10-4-5-17(19)7-8-20(29)6-3-9-24-2/h3,6,11,15,17,19,24H,4-5,7-10,12-14H2,1-2H3/b6-3+/t17?,19-/m0/s1. The van der Waals surface area contributed by atoms with Crippen LogP contribution in [-0.4, -0.2) is 54.0 Å². The zero-order valence-electron chi connectivity index (χ0n) is 17.9. The Balaban J connectivity index is 1.51. The molecule has 1 saturated heterocycles. The van der Waals surface area contributed by atoms with Crippen molar-refractivity contribution in [1.29, 1.82) is 0 Å². The zero-order valence-corrected chi connectivity index (χ0v) is 17.9. The van der Waals surface area contributed by atoms with Crippen LogP contribution in [0.3, 0.4) is 0 Å². The zero-order chi connectivity index (χ0) is 20.9. The molecule has 0 amide bonds. The summed E-state index contributed by atoms with van der Waals surface area (Å²) in [5.74, 6) is 2.15. The van der Waals surface area contributed by atoms with Gasteiger partial charge >= 0.3 is 0 Å². The maximum Gasteiger partial charge on any atom is 0.155 e. The second-order valence-electron chi connectivity index (χ2n) is 8.39. The third-order valence-electron chi connectivity index (χ3n) is 6.25. The fraction of sp³-hybridized carbons (Fsp3) is 0.565. The Morgan fingerprint density at radius 1 is 1.40 bits per heavy atom. The van der Waals surface area contributed by atoms with Gasteiger partial charge in [0.25, 0.3) is 0 Å². The molecule has 1 unspecified atom stereocenters. The number of allylic oxidation sites excluding steroid dienone is 1. The van der Waals surface area contributed by atoms with Crippen molar-refractivity contribution in [3.05, 3.63) is 35.8 Å². The van der Waals surface area contributed by atoms with Crippen LogP contribution >= 0.6 is 0 Å².